The van der Waals surface area contributed by atoms with Crippen molar-refractivity contribution < 1.29 is 9.90 Å². The largest absolute Gasteiger partial charge is 0.465 e. The summed E-state index contributed by atoms with van der Waals surface area (Å²) < 4.78 is 2.01. The van der Waals surface area contributed by atoms with Gasteiger partial charge in [-0.15, -0.1) is 11.6 Å². The van der Waals surface area contributed by atoms with Gasteiger partial charge >= 0.3 is 6.09 Å². The molecule has 0 unspecified atom stereocenters. The average molecular weight is 300 g/mol. The molecule has 0 radical (unpaired) electrons. The van der Waals surface area contributed by atoms with E-state index in [-0.39, 0.29) is 11.9 Å². The molecular formula is C12H11Cl2N3O2. The summed E-state index contributed by atoms with van der Waals surface area (Å²) in [4.78, 5) is 16.6. The number of rotatable bonds is 2. The van der Waals surface area contributed by atoms with Gasteiger partial charge in [0.15, 0.2) is 0 Å². The molecule has 1 aromatic carbocycles. The van der Waals surface area contributed by atoms with E-state index in [0.717, 1.165) is 16.9 Å². The number of nitrogens with zero attached hydrogens (tertiary/aromatic N) is 3. The van der Waals surface area contributed by atoms with Crippen LogP contribution in [0.4, 0.5) is 4.79 Å². The smallest absolute Gasteiger partial charge is 0.407 e. The average Bonchev–Trinajstić information content (AvgIpc) is 2.64. The molecule has 2 heterocycles. The van der Waals surface area contributed by atoms with Gasteiger partial charge in [-0.1, -0.05) is 11.6 Å². The highest BCUT2D eigenvalue weighted by Gasteiger charge is 2.33. The predicted molar refractivity (Wildman–Crippen MR) is 72.9 cm³/mol. The zero-order chi connectivity index (χ0) is 13.6. The summed E-state index contributed by atoms with van der Waals surface area (Å²) >= 11 is 11.9. The van der Waals surface area contributed by atoms with E-state index in [4.69, 9.17) is 28.3 Å². The highest BCUT2D eigenvalue weighted by atomic mass is 35.5. The maximum Gasteiger partial charge on any atom is 0.407 e. The molecular weight excluding hydrogens is 289 g/mol. The van der Waals surface area contributed by atoms with Crippen molar-refractivity contribution in [3.8, 4) is 0 Å². The summed E-state index contributed by atoms with van der Waals surface area (Å²) in [6.45, 7) is 0.931. The van der Waals surface area contributed by atoms with Crippen molar-refractivity contribution in [2.24, 2.45) is 0 Å². The molecule has 7 heteroatoms. The standard InChI is InChI=1S/C12H11Cl2N3O2/c13-4-11-15-9-3-7(14)1-2-10(9)17(11)8-5-16(6-8)12(18)19/h1-3,8H,4-6H2,(H,18,19). The van der Waals surface area contributed by atoms with Crippen LogP contribution in [-0.4, -0.2) is 38.7 Å². The van der Waals surface area contributed by atoms with Crippen LogP contribution in [0.15, 0.2) is 18.2 Å². The lowest BCUT2D eigenvalue weighted by Crippen LogP contribution is -2.50. The van der Waals surface area contributed by atoms with E-state index < -0.39 is 6.09 Å². The summed E-state index contributed by atoms with van der Waals surface area (Å²) in [5, 5.41) is 9.51. The number of carbonyl (C=O) groups is 1. The van der Waals surface area contributed by atoms with Gasteiger partial charge in [-0.3, -0.25) is 0 Å². The number of halogens is 2. The Morgan fingerprint density at radius 3 is 2.84 bits per heavy atom. The molecule has 0 spiro atoms. The van der Waals surface area contributed by atoms with Gasteiger partial charge in [-0.2, -0.15) is 0 Å². The van der Waals surface area contributed by atoms with Crippen molar-refractivity contribution in [2.75, 3.05) is 13.1 Å². The van der Waals surface area contributed by atoms with Crippen LogP contribution in [0.25, 0.3) is 11.0 Å². The maximum atomic E-state index is 10.8. The van der Waals surface area contributed by atoms with Crippen LogP contribution >= 0.6 is 23.2 Å². The van der Waals surface area contributed by atoms with Crippen LogP contribution in [-0.2, 0) is 5.88 Å². The Hall–Kier alpha value is -1.46. The number of alkyl halides is 1. The van der Waals surface area contributed by atoms with Crippen LogP contribution in [0.2, 0.25) is 5.02 Å². The van der Waals surface area contributed by atoms with Crippen molar-refractivity contribution in [1.29, 1.82) is 0 Å². The molecule has 100 valence electrons. The first-order chi connectivity index (χ1) is 9.10. The third-order valence-electron chi connectivity index (χ3n) is 3.34. The predicted octanol–water partition coefficient (Wildman–Crippen LogP) is 2.96. The number of aromatic nitrogens is 2. The SMILES string of the molecule is O=C(O)N1CC(n2c(CCl)nc3cc(Cl)ccc32)C1. The van der Waals surface area contributed by atoms with Crippen molar-refractivity contribution in [3.63, 3.8) is 0 Å². The molecule has 1 saturated heterocycles. The van der Waals surface area contributed by atoms with Gasteiger partial charge < -0.3 is 14.6 Å². The van der Waals surface area contributed by atoms with Crippen LogP contribution in [0, 0.1) is 0 Å². The lowest BCUT2D eigenvalue weighted by Gasteiger charge is -2.38. The second-order valence-electron chi connectivity index (χ2n) is 4.51. The third-order valence-corrected chi connectivity index (χ3v) is 3.82. The number of benzene rings is 1. The number of hydrogen-bond donors (Lipinski definition) is 1. The van der Waals surface area contributed by atoms with Crippen LogP contribution in [0.3, 0.4) is 0 Å². The normalized spacial score (nSPS) is 15.8. The number of carboxylic acid groups (broad SMARTS) is 1. The lowest BCUT2D eigenvalue weighted by molar-refractivity contribution is 0.0861. The van der Waals surface area contributed by atoms with Crippen molar-refractivity contribution in [3.05, 3.63) is 29.0 Å². The van der Waals surface area contributed by atoms with Gasteiger partial charge in [0.05, 0.1) is 23.0 Å². The Bertz CT molecular complexity index is 650. The number of amides is 1. The molecule has 1 fully saturated rings. The van der Waals surface area contributed by atoms with E-state index in [0.29, 0.717) is 18.1 Å². The third kappa shape index (κ3) is 2.03. The summed E-state index contributed by atoms with van der Waals surface area (Å²) in [6.07, 6.45) is -0.892. The molecule has 1 aromatic heterocycles. The minimum atomic E-state index is -0.892. The van der Waals surface area contributed by atoms with E-state index in [2.05, 4.69) is 4.98 Å². The summed E-state index contributed by atoms with van der Waals surface area (Å²) in [6, 6.07) is 5.57. The number of likely N-dealkylation sites (tertiary alicyclic amines) is 1. The molecule has 0 atom stereocenters. The number of imidazole rings is 1. The van der Waals surface area contributed by atoms with Crippen LogP contribution in [0.5, 0.6) is 0 Å². The second kappa shape index (κ2) is 4.58. The van der Waals surface area contributed by atoms with Crippen LogP contribution < -0.4 is 0 Å². The van der Waals surface area contributed by atoms with Gasteiger partial charge in [-0.05, 0) is 18.2 Å². The van der Waals surface area contributed by atoms with Crippen molar-refractivity contribution in [2.45, 2.75) is 11.9 Å². The number of fused-ring (bicyclic) bond motifs is 1. The molecule has 1 amide bonds. The molecule has 1 aliphatic rings. The van der Waals surface area contributed by atoms with E-state index in [1.165, 1.54) is 4.90 Å². The molecule has 1 aliphatic heterocycles. The van der Waals surface area contributed by atoms with Crippen molar-refractivity contribution in [1.82, 2.24) is 14.5 Å². The monoisotopic (exact) mass is 299 g/mol. The molecule has 0 saturated carbocycles. The Labute approximate surface area is 119 Å². The molecule has 0 bridgehead atoms. The first-order valence-corrected chi connectivity index (χ1v) is 6.71. The number of hydrogen-bond acceptors (Lipinski definition) is 2. The highest BCUT2D eigenvalue weighted by Crippen LogP contribution is 2.29. The first kappa shape index (κ1) is 12.6. The quantitative estimate of drug-likeness (QED) is 0.867. The summed E-state index contributed by atoms with van der Waals surface area (Å²) in [5.41, 5.74) is 1.73. The topological polar surface area (TPSA) is 58.4 Å². The lowest BCUT2D eigenvalue weighted by atomic mass is 10.1. The van der Waals surface area contributed by atoms with Gasteiger partial charge in [0.25, 0.3) is 0 Å². The fraction of sp³-hybridized carbons (Fsp3) is 0.333. The fourth-order valence-electron chi connectivity index (χ4n) is 2.40. The van der Waals surface area contributed by atoms with Gasteiger partial charge in [-0.25, -0.2) is 9.78 Å². The molecule has 5 nitrogen and oxygen atoms in total. The van der Waals surface area contributed by atoms with Gasteiger partial charge in [0.1, 0.15) is 5.82 Å². The molecule has 2 aromatic rings. The minimum Gasteiger partial charge on any atom is -0.465 e. The molecule has 0 aliphatic carbocycles. The van der Waals surface area contributed by atoms with Crippen molar-refractivity contribution >= 4 is 40.3 Å². The Morgan fingerprint density at radius 1 is 1.47 bits per heavy atom. The summed E-state index contributed by atoms with van der Waals surface area (Å²) in [7, 11) is 0. The van der Waals surface area contributed by atoms with Gasteiger partial charge in [0, 0.05) is 18.1 Å². The van der Waals surface area contributed by atoms with Gasteiger partial charge in [0.2, 0.25) is 0 Å². The van der Waals surface area contributed by atoms with Crippen LogP contribution in [0.1, 0.15) is 11.9 Å². The van der Waals surface area contributed by atoms with E-state index in [1.54, 1.807) is 12.1 Å². The second-order valence-corrected chi connectivity index (χ2v) is 5.21. The maximum absolute atomic E-state index is 10.8. The first-order valence-electron chi connectivity index (χ1n) is 5.80. The Morgan fingerprint density at radius 2 is 2.21 bits per heavy atom. The Balaban J connectivity index is 2.00. The molecule has 19 heavy (non-hydrogen) atoms. The zero-order valence-corrected chi connectivity index (χ0v) is 11.4. The van der Waals surface area contributed by atoms with E-state index in [1.807, 2.05) is 10.6 Å². The summed E-state index contributed by atoms with van der Waals surface area (Å²) in [5.74, 6) is 1.03. The van der Waals surface area contributed by atoms with E-state index >= 15 is 0 Å². The molecule has 1 N–H and O–H groups in total. The minimum absolute atomic E-state index is 0.0935. The zero-order valence-electron chi connectivity index (χ0n) is 9.88. The Kier molecular flexibility index (Phi) is 3.03. The molecule has 3 rings (SSSR count). The fourth-order valence-corrected chi connectivity index (χ4v) is 2.75. The highest BCUT2D eigenvalue weighted by molar-refractivity contribution is 6.31. The van der Waals surface area contributed by atoms with E-state index in [9.17, 15) is 4.79 Å².